The summed E-state index contributed by atoms with van der Waals surface area (Å²) in [6.07, 6.45) is 0.752. The van der Waals surface area contributed by atoms with Crippen LogP contribution in [0.2, 0.25) is 0 Å². The summed E-state index contributed by atoms with van der Waals surface area (Å²) in [7, 11) is 0. The lowest BCUT2D eigenvalue weighted by molar-refractivity contribution is -0.111. The van der Waals surface area contributed by atoms with Crippen LogP contribution in [0, 0.1) is 0 Å². The van der Waals surface area contributed by atoms with Gasteiger partial charge < -0.3 is 10.6 Å². The van der Waals surface area contributed by atoms with Crippen molar-refractivity contribution in [3.05, 3.63) is 30.3 Å². The van der Waals surface area contributed by atoms with Crippen molar-refractivity contribution < 1.29 is 4.79 Å². The van der Waals surface area contributed by atoms with Crippen LogP contribution in [0.5, 0.6) is 0 Å². The molecule has 1 fully saturated rings. The Balaban J connectivity index is 1.97. The van der Waals surface area contributed by atoms with E-state index in [-0.39, 0.29) is 6.17 Å². The number of carbonyl (C=O) groups is 1. The molecule has 1 heterocycles. The second-order valence-corrected chi connectivity index (χ2v) is 3.88. The van der Waals surface area contributed by atoms with Crippen molar-refractivity contribution in [1.82, 2.24) is 10.2 Å². The van der Waals surface area contributed by atoms with Crippen LogP contribution in [0.15, 0.2) is 30.3 Å². The summed E-state index contributed by atoms with van der Waals surface area (Å²) < 4.78 is 0. The molecule has 1 aliphatic heterocycles. The summed E-state index contributed by atoms with van der Waals surface area (Å²) in [4.78, 5) is 13.2. The van der Waals surface area contributed by atoms with Gasteiger partial charge in [0.1, 0.15) is 6.17 Å². The Bertz CT molecular complexity index is 322. The first-order chi connectivity index (χ1) is 7.90. The first-order valence-electron chi connectivity index (χ1n) is 5.62. The number of benzene rings is 1. The summed E-state index contributed by atoms with van der Waals surface area (Å²) in [5.41, 5.74) is 0.984. The Labute approximate surface area is 95.6 Å². The number of nitrogens with one attached hydrogen (secondary N) is 2. The molecule has 1 aliphatic rings. The Morgan fingerprint density at radius 1 is 1.25 bits per heavy atom. The number of anilines is 1. The number of para-hydroxylation sites is 1. The van der Waals surface area contributed by atoms with E-state index >= 15 is 0 Å². The molecule has 0 radical (unpaired) electrons. The van der Waals surface area contributed by atoms with Gasteiger partial charge in [0.05, 0.1) is 0 Å². The van der Waals surface area contributed by atoms with E-state index in [4.69, 9.17) is 0 Å². The smallest absolute Gasteiger partial charge is 0.157 e. The fourth-order valence-electron chi connectivity index (χ4n) is 1.88. The van der Waals surface area contributed by atoms with E-state index < -0.39 is 0 Å². The van der Waals surface area contributed by atoms with Crippen LogP contribution in [-0.2, 0) is 4.79 Å². The molecule has 0 saturated carbocycles. The lowest BCUT2D eigenvalue weighted by atomic mass is 10.3. The van der Waals surface area contributed by atoms with Crippen LogP contribution in [0.1, 0.15) is 0 Å². The summed E-state index contributed by atoms with van der Waals surface area (Å²) in [6, 6.07) is 9.83. The van der Waals surface area contributed by atoms with Gasteiger partial charge in [-0.25, -0.2) is 0 Å². The minimum Gasteiger partial charge on any atom is -0.364 e. The monoisotopic (exact) mass is 219 g/mol. The average molecular weight is 219 g/mol. The fraction of sp³-hybridized carbons (Fsp3) is 0.417. The Hall–Kier alpha value is -1.39. The highest BCUT2D eigenvalue weighted by molar-refractivity contribution is 5.63. The average Bonchev–Trinajstić information content (AvgIpc) is 2.38. The number of carbonyl (C=O) groups excluding carboxylic acids is 1. The van der Waals surface area contributed by atoms with Crippen LogP contribution < -0.4 is 10.6 Å². The normalized spacial score (nSPS) is 19.0. The molecule has 0 aliphatic carbocycles. The maximum absolute atomic E-state index is 11.1. The Morgan fingerprint density at radius 3 is 2.56 bits per heavy atom. The molecule has 0 aromatic heterocycles. The third-order valence-corrected chi connectivity index (χ3v) is 2.76. The number of hydrogen-bond donors (Lipinski definition) is 2. The largest absolute Gasteiger partial charge is 0.364 e. The standard InChI is InChI=1S/C12H17N3O/c16-10-12(15-8-6-13-7-9-15)14-11-4-2-1-3-5-11/h1-5,10,12-14H,6-9H2. The maximum Gasteiger partial charge on any atom is 0.157 e. The highest BCUT2D eigenvalue weighted by atomic mass is 16.1. The molecule has 4 nitrogen and oxygen atoms in total. The zero-order chi connectivity index (χ0) is 11.2. The van der Waals surface area contributed by atoms with Gasteiger partial charge in [-0.2, -0.15) is 0 Å². The molecule has 1 unspecified atom stereocenters. The summed E-state index contributed by atoms with van der Waals surface area (Å²) in [5.74, 6) is 0. The molecule has 1 atom stereocenters. The van der Waals surface area contributed by atoms with Gasteiger partial charge in [-0.05, 0) is 12.1 Å². The second-order valence-electron chi connectivity index (χ2n) is 3.88. The summed E-state index contributed by atoms with van der Waals surface area (Å²) in [5, 5.41) is 6.50. The van der Waals surface area contributed by atoms with Gasteiger partial charge in [0.2, 0.25) is 0 Å². The van der Waals surface area contributed by atoms with Gasteiger partial charge in [0.25, 0.3) is 0 Å². The highest BCUT2D eigenvalue weighted by Gasteiger charge is 2.19. The molecule has 0 bridgehead atoms. The van der Waals surface area contributed by atoms with Crippen molar-refractivity contribution in [2.24, 2.45) is 0 Å². The van der Waals surface area contributed by atoms with Gasteiger partial charge in [-0.3, -0.25) is 9.69 Å². The summed E-state index contributed by atoms with van der Waals surface area (Å²) in [6.45, 7) is 3.70. The number of aldehydes is 1. The van der Waals surface area contributed by atoms with Crippen molar-refractivity contribution in [3.8, 4) is 0 Å². The van der Waals surface area contributed by atoms with Gasteiger partial charge in [0, 0.05) is 31.9 Å². The summed E-state index contributed by atoms with van der Waals surface area (Å²) >= 11 is 0. The highest BCUT2D eigenvalue weighted by Crippen LogP contribution is 2.09. The van der Waals surface area contributed by atoms with E-state index in [1.807, 2.05) is 30.3 Å². The molecule has 1 saturated heterocycles. The number of nitrogens with zero attached hydrogens (tertiary/aromatic N) is 1. The van der Waals surface area contributed by atoms with Crippen LogP contribution in [-0.4, -0.2) is 43.5 Å². The third-order valence-electron chi connectivity index (χ3n) is 2.76. The van der Waals surface area contributed by atoms with E-state index in [0.29, 0.717) is 0 Å². The molecule has 16 heavy (non-hydrogen) atoms. The lowest BCUT2D eigenvalue weighted by Crippen LogP contribution is -2.51. The lowest BCUT2D eigenvalue weighted by Gasteiger charge is -2.32. The van der Waals surface area contributed by atoms with Crippen molar-refractivity contribution >= 4 is 12.0 Å². The molecule has 1 aromatic carbocycles. The number of piperazine rings is 1. The van der Waals surface area contributed by atoms with E-state index in [0.717, 1.165) is 38.2 Å². The molecular formula is C12H17N3O. The van der Waals surface area contributed by atoms with Crippen LogP contribution >= 0.6 is 0 Å². The Kier molecular flexibility index (Phi) is 3.91. The van der Waals surface area contributed by atoms with Crippen molar-refractivity contribution in [2.75, 3.05) is 31.5 Å². The van der Waals surface area contributed by atoms with E-state index in [9.17, 15) is 4.79 Å². The van der Waals surface area contributed by atoms with Gasteiger partial charge in [-0.1, -0.05) is 18.2 Å². The maximum atomic E-state index is 11.1. The quantitative estimate of drug-likeness (QED) is 0.725. The zero-order valence-electron chi connectivity index (χ0n) is 9.23. The Morgan fingerprint density at radius 2 is 1.94 bits per heavy atom. The fourth-order valence-corrected chi connectivity index (χ4v) is 1.88. The zero-order valence-corrected chi connectivity index (χ0v) is 9.23. The van der Waals surface area contributed by atoms with Crippen LogP contribution in [0.25, 0.3) is 0 Å². The predicted octanol–water partition coefficient (Wildman–Crippen LogP) is 0.529. The molecule has 2 N–H and O–H groups in total. The number of rotatable bonds is 4. The molecule has 86 valence electrons. The second kappa shape index (κ2) is 5.63. The molecule has 4 heteroatoms. The topological polar surface area (TPSA) is 44.4 Å². The number of hydrogen-bond acceptors (Lipinski definition) is 4. The molecular weight excluding hydrogens is 202 g/mol. The van der Waals surface area contributed by atoms with Gasteiger partial charge in [-0.15, -0.1) is 0 Å². The van der Waals surface area contributed by atoms with Crippen LogP contribution in [0.4, 0.5) is 5.69 Å². The first kappa shape index (κ1) is 11.1. The van der Waals surface area contributed by atoms with Crippen LogP contribution in [0.3, 0.4) is 0 Å². The molecule has 2 rings (SSSR count). The molecule has 1 aromatic rings. The molecule has 0 spiro atoms. The third kappa shape index (κ3) is 2.81. The minimum atomic E-state index is -0.218. The van der Waals surface area contributed by atoms with Gasteiger partial charge in [0.15, 0.2) is 6.29 Å². The van der Waals surface area contributed by atoms with Crippen molar-refractivity contribution in [2.45, 2.75) is 6.17 Å². The SMILES string of the molecule is O=CC(Nc1ccccc1)N1CCNCC1. The predicted molar refractivity (Wildman–Crippen MR) is 64.4 cm³/mol. The van der Waals surface area contributed by atoms with E-state index in [1.54, 1.807) is 0 Å². The van der Waals surface area contributed by atoms with Crippen molar-refractivity contribution in [1.29, 1.82) is 0 Å². The van der Waals surface area contributed by atoms with E-state index in [1.165, 1.54) is 0 Å². The van der Waals surface area contributed by atoms with Gasteiger partial charge >= 0.3 is 0 Å². The molecule has 0 amide bonds. The van der Waals surface area contributed by atoms with E-state index in [2.05, 4.69) is 15.5 Å². The minimum absolute atomic E-state index is 0.218. The first-order valence-corrected chi connectivity index (χ1v) is 5.62. The van der Waals surface area contributed by atoms with Crippen molar-refractivity contribution in [3.63, 3.8) is 0 Å².